The van der Waals surface area contributed by atoms with E-state index in [9.17, 15) is 0 Å². The van der Waals surface area contributed by atoms with Crippen LogP contribution in [-0.2, 0) is 0 Å². The normalized spacial score (nSPS) is 12.3. The molecule has 6 heteroatoms. The van der Waals surface area contributed by atoms with E-state index < -0.39 is 0 Å². The second-order valence-electron chi connectivity index (χ2n) is 13.2. The van der Waals surface area contributed by atoms with E-state index in [4.69, 9.17) is 14.4 Å². The zero-order chi connectivity index (χ0) is 33.2. The molecule has 7 aromatic carbocycles. The summed E-state index contributed by atoms with van der Waals surface area (Å²) in [6.07, 6.45) is 1.55. The molecule has 5 aromatic heterocycles. The number of nitrogens with zero attached hydrogens (tertiary/aromatic N) is 4. The Morgan fingerprint density at radius 1 is 0.529 bits per heavy atom. The van der Waals surface area contributed by atoms with Crippen LogP contribution >= 0.6 is 11.3 Å². The molecule has 0 spiro atoms. The minimum absolute atomic E-state index is 0.741. The van der Waals surface area contributed by atoms with Crippen molar-refractivity contribution in [2.75, 3.05) is 0 Å². The summed E-state index contributed by atoms with van der Waals surface area (Å²) >= 11 is 1.80. The van der Waals surface area contributed by atoms with Crippen LogP contribution in [0.25, 0.3) is 114 Å². The lowest BCUT2D eigenvalue weighted by Crippen LogP contribution is -1.95. The zero-order valence-corrected chi connectivity index (χ0v) is 27.8. The van der Waals surface area contributed by atoms with Crippen LogP contribution in [0.15, 0.2) is 150 Å². The van der Waals surface area contributed by atoms with E-state index in [0.717, 1.165) is 61.2 Å². The molecular weight excluding hydrogens is 645 g/mol. The maximum atomic E-state index is 5.95. The highest BCUT2D eigenvalue weighted by atomic mass is 32.1. The quantitative estimate of drug-likeness (QED) is 0.188. The minimum atomic E-state index is 0.741. The third-order valence-corrected chi connectivity index (χ3v) is 11.7. The van der Waals surface area contributed by atoms with E-state index in [1.165, 1.54) is 52.9 Å². The number of oxazole rings is 1. The fourth-order valence-corrected chi connectivity index (χ4v) is 9.45. The Morgan fingerprint density at radius 3 is 2.25 bits per heavy atom. The first kappa shape index (κ1) is 27.2. The first-order valence-corrected chi connectivity index (χ1v) is 17.8. The number of para-hydroxylation sites is 2. The first-order chi connectivity index (χ1) is 25.3. The van der Waals surface area contributed by atoms with E-state index >= 15 is 0 Å². The van der Waals surface area contributed by atoms with Crippen LogP contribution in [0.5, 0.6) is 0 Å². The molecule has 0 fully saturated rings. The molecule has 12 aromatic rings. The molecule has 0 bridgehead atoms. The molecule has 0 aliphatic carbocycles. The van der Waals surface area contributed by atoms with Crippen LogP contribution in [0.3, 0.4) is 0 Å². The maximum Gasteiger partial charge on any atom is 0.182 e. The van der Waals surface area contributed by atoms with Gasteiger partial charge in [-0.1, -0.05) is 91.0 Å². The molecule has 0 saturated carbocycles. The molecule has 0 saturated heterocycles. The predicted molar refractivity (Wildman–Crippen MR) is 211 cm³/mol. The maximum absolute atomic E-state index is 5.95. The van der Waals surface area contributed by atoms with E-state index in [1.807, 2.05) is 0 Å². The van der Waals surface area contributed by atoms with E-state index in [-0.39, 0.29) is 0 Å². The molecule has 5 nitrogen and oxygen atoms in total. The van der Waals surface area contributed by atoms with Crippen molar-refractivity contribution in [3.8, 4) is 33.8 Å². The highest BCUT2D eigenvalue weighted by molar-refractivity contribution is 7.26. The van der Waals surface area contributed by atoms with Crippen LogP contribution in [0.1, 0.15) is 0 Å². The summed E-state index contributed by atoms with van der Waals surface area (Å²) < 4.78 is 10.8. The average molecular weight is 669 g/mol. The average Bonchev–Trinajstić information content (AvgIpc) is 3.96. The summed E-state index contributed by atoms with van der Waals surface area (Å²) in [5, 5.41) is 8.21. The fourth-order valence-electron chi connectivity index (χ4n) is 8.24. The lowest BCUT2D eigenvalue weighted by molar-refractivity contribution is 0.605. The molecular formula is C45H24N4OS. The Kier molecular flexibility index (Phi) is 5.32. The van der Waals surface area contributed by atoms with Crippen molar-refractivity contribution >= 4 is 91.6 Å². The van der Waals surface area contributed by atoms with Crippen molar-refractivity contribution in [1.29, 1.82) is 0 Å². The van der Waals surface area contributed by atoms with E-state index in [2.05, 4.69) is 149 Å². The molecule has 12 rings (SSSR count). The molecule has 5 heterocycles. The highest BCUT2D eigenvalue weighted by Gasteiger charge is 2.22. The van der Waals surface area contributed by atoms with E-state index in [0.29, 0.717) is 0 Å². The molecule has 0 amide bonds. The Labute approximate surface area is 294 Å². The fraction of sp³-hybridized carbons (Fsp3) is 0. The van der Waals surface area contributed by atoms with Crippen LogP contribution in [0.4, 0.5) is 0 Å². The second-order valence-corrected chi connectivity index (χ2v) is 14.3. The molecule has 0 aliphatic rings. The Morgan fingerprint density at radius 2 is 1.29 bits per heavy atom. The van der Waals surface area contributed by atoms with E-state index in [1.54, 1.807) is 17.7 Å². The number of benzene rings is 7. The molecule has 0 N–H and O–H groups in total. The number of aromatic nitrogens is 4. The largest absolute Gasteiger partial charge is 0.443 e. The predicted octanol–water partition coefficient (Wildman–Crippen LogP) is 12.3. The van der Waals surface area contributed by atoms with Gasteiger partial charge in [0.2, 0.25) is 0 Å². The monoisotopic (exact) mass is 668 g/mol. The molecule has 51 heavy (non-hydrogen) atoms. The molecule has 0 radical (unpaired) electrons. The Bertz CT molecular complexity index is 3390. The van der Waals surface area contributed by atoms with Crippen molar-refractivity contribution in [2.24, 2.45) is 0 Å². The van der Waals surface area contributed by atoms with Gasteiger partial charge in [0.1, 0.15) is 5.52 Å². The summed E-state index contributed by atoms with van der Waals surface area (Å²) in [5.74, 6) is 0.741. The summed E-state index contributed by atoms with van der Waals surface area (Å²) in [6.45, 7) is 0. The van der Waals surface area contributed by atoms with Crippen molar-refractivity contribution in [3.05, 3.63) is 146 Å². The summed E-state index contributed by atoms with van der Waals surface area (Å²) in [7, 11) is 0. The lowest BCUT2D eigenvalue weighted by atomic mass is 9.98. The van der Waals surface area contributed by atoms with Crippen LogP contribution in [0, 0.1) is 0 Å². The standard InChI is InChI=1S/C45H24N4OS/c1-4-16-35-30(12-1)41(48-45(47-35)32-15-8-14-29-28-11-3-6-18-39(28)51-44(29)32)27-10-7-9-25(21-27)26-19-20-38-33(22-26)34-23-36-43(50-24-46-36)40-31-13-2-5-17-37(31)49(38)42(34)40/h1-24H. The van der Waals surface area contributed by atoms with Gasteiger partial charge in [0.25, 0.3) is 0 Å². The second kappa shape index (κ2) is 9.97. The van der Waals surface area contributed by atoms with Gasteiger partial charge in [-0.2, -0.15) is 0 Å². The first-order valence-electron chi connectivity index (χ1n) is 17.0. The minimum Gasteiger partial charge on any atom is -0.443 e. The van der Waals surface area contributed by atoms with Gasteiger partial charge in [-0.3, -0.25) is 0 Å². The van der Waals surface area contributed by atoms with Gasteiger partial charge in [-0.15, -0.1) is 11.3 Å². The lowest BCUT2D eigenvalue weighted by Gasteiger charge is -2.11. The van der Waals surface area contributed by atoms with Crippen molar-refractivity contribution < 1.29 is 4.42 Å². The third-order valence-electron chi connectivity index (χ3n) is 10.5. The van der Waals surface area contributed by atoms with Gasteiger partial charge in [0.15, 0.2) is 17.8 Å². The zero-order valence-electron chi connectivity index (χ0n) is 27.0. The molecule has 0 aliphatic heterocycles. The van der Waals surface area contributed by atoms with Gasteiger partial charge in [-0.25, -0.2) is 15.0 Å². The number of thiophene rings is 1. The van der Waals surface area contributed by atoms with Crippen molar-refractivity contribution in [3.63, 3.8) is 0 Å². The van der Waals surface area contributed by atoms with Gasteiger partial charge >= 0.3 is 0 Å². The van der Waals surface area contributed by atoms with Crippen LogP contribution in [-0.4, -0.2) is 19.4 Å². The van der Waals surface area contributed by atoms with Gasteiger partial charge < -0.3 is 8.82 Å². The van der Waals surface area contributed by atoms with Crippen LogP contribution in [0.2, 0.25) is 0 Å². The number of hydrogen-bond donors (Lipinski definition) is 0. The molecule has 236 valence electrons. The van der Waals surface area contributed by atoms with Crippen LogP contribution < -0.4 is 0 Å². The summed E-state index contributed by atoms with van der Waals surface area (Å²) in [4.78, 5) is 15.0. The number of hydrogen-bond acceptors (Lipinski definition) is 5. The highest BCUT2D eigenvalue weighted by Crippen LogP contribution is 2.44. The Hall–Kier alpha value is -6.63. The van der Waals surface area contributed by atoms with Crippen molar-refractivity contribution in [2.45, 2.75) is 0 Å². The SMILES string of the molecule is c1cc(-c2ccc3c(c2)c2cc4ncoc4c4c5ccccc5n3c24)cc(-c2nc(-c3cccc4c3sc3ccccc34)nc3ccccc23)c1. The molecule has 0 atom stereocenters. The summed E-state index contributed by atoms with van der Waals surface area (Å²) in [6, 6.07) is 49.7. The van der Waals surface area contributed by atoms with Gasteiger partial charge in [0.05, 0.1) is 33.1 Å². The van der Waals surface area contributed by atoms with Crippen molar-refractivity contribution in [1.82, 2.24) is 19.4 Å². The number of fused-ring (bicyclic) bond motifs is 12. The number of rotatable bonds is 3. The third kappa shape index (κ3) is 3.71. The van der Waals surface area contributed by atoms with Gasteiger partial charge in [-0.05, 0) is 59.7 Å². The smallest absolute Gasteiger partial charge is 0.182 e. The Balaban J connectivity index is 1.06. The molecule has 0 unspecified atom stereocenters. The summed E-state index contributed by atoms with van der Waals surface area (Å²) in [5.41, 5.74) is 11.5. The topological polar surface area (TPSA) is 56.2 Å². The van der Waals surface area contributed by atoms with Gasteiger partial charge in [0, 0.05) is 52.8 Å².